The predicted octanol–water partition coefficient (Wildman–Crippen LogP) is 1.40. The van der Waals surface area contributed by atoms with Crippen LogP contribution in [-0.2, 0) is 20.6 Å². The van der Waals surface area contributed by atoms with Crippen molar-refractivity contribution >= 4 is 35.9 Å². The molecular weight excluding hydrogens is 577 g/mol. The van der Waals surface area contributed by atoms with E-state index in [0.717, 1.165) is 29.9 Å². The fraction of sp³-hybridized carbons (Fsp3) is 0.481. The van der Waals surface area contributed by atoms with E-state index in [4.69, 9.17) is 47.4 Å². The second-order valence-corrected chi connectivity index (χ2v) is 10.1. The number of guanidine groups is 2. The highest BCUT2D eigenvalue weighted by Gasteiger charge is 2.44. The number of aliphatic hydroxyl groups is 3. The number of hydrogen-bond donors (Lipinski definition) is 6. The van der Waals surface area contributed by atoms with E-state index in [1.807, 2.05) is 30.3 Å². The fourth-order valence-corrected chi connectivity index (χ4v) is 4.34. The van der Waals surface area contributed by atoms with E-state index in [1.54, 1.807) is 26.2 Å². The lowest BCUT2D eigenvalue weighted by molar-refractivity contribution is -0.292. The third kappa shape index (κ3) is 9.69. The molecule has 0 saturated carbocycles. The molecule has 0 aromatic heterocycles. The summed E-state index contributed by atoms with van der Waals surface area (Å²) < 4.78 is 22.0. The van der Waals surface area contributed by atoms with Gasteiger partial charge in [-0.1, -0.05) is 35.9 Å². The van der Waals surface area contributed by atoms with Crippen LogP contribution in [0.3, 0.4) is 0 Å². The summed E-state index contributed by atoms with van der Waals surface area (Å²) in [6.45, 7) is 1.35. The quantitative estimate of drug-likeness (QED) is 0.205. The second-order valence-electron chi connectivity index (χ2n) is 9.66. The predicted molar refractivity (Wildman–Crippen MR) is 158 cm³/mol. The van der Waals surface area contributed by atoms with Gasteiger partial charge in [-0.25, -0.2) is 0 Å². The van der Waals surface area contributed by atoms with E-state index >= 15 is 0 Å². The van der Waals surface area contributed by atoms with E-state index in [1.165, 1.54) is 12.0 Å². The maximum Gasteiger partial charge on any atom is 0.220 e. The van der Waals surface area contributed by atoms with Crippen molar-refractivity contribution in [3.05, 3.63) is 64.2 Å². The summed E-state index contributed by atoms with van der Waals surface area (Å²) in [4.78, 5) is 4.96. The zero-order valence-electron chi connectivity index (χ0n) is 23.1. The molecule has 0 radical (unpaired) electrons. The van der Waals surface area contributed by atoms with Gasteiger partial charge < -0.3 is 50.6 Å². The van der Waals surface area contributed by atoms with Gasteiger partial charge in [-0.05, 0) is 41.3 Å². The largest absolute Gasteiger partial charge is 0.488 e. The molecule has 2 fully saturated rings. The number of halogens is 2. The molecule has 6 atom stereocenters. The molecule has 2 saturated heterocycles. The maximum atomic E-state index is 10.4. The van der Waals surface area contributed by atoms with E-state index in [0.29, 0.717) is 23.6 Å². The molecule has 0 amide bonds. The van der Waals surface area contributed by atoms with Gasteiger partial charge in [0.2, 0.25) is 5.96 Å². The standard InChI is InChI=1S/C23H27ClO7.C4H11N5.ClH/c1-28-23-21(27)19(25)20(26)22(31-23)14-4-7-18(24)15(11-14)10-13-2-5-16(6-3-13)30-17-8-9-29-12-17;1-9(2)4(7)8-3(5)6;/h2-7,11,17,19-23,25-27H,8-10,12H2,1H3;1-2H3,(H5,5,6,7,8);1H/t17-,19+,20+,21-,22-,23-;;/m0../s1. The van der Waals surface area contributed by atoms with Crippen molar-refractivity contribution in [2.45, 2.75) is 49.7 Å². The lowest BCUT2D eigenvalue weighted by Gasteiger charge is -2.40. The Morgan fingerprint density at radius 2 is 1.78 bits per heavy atom. The molecule has 0 unspecified atom stereocenters. The third-order valence-electron chi connectivity index (χ3n) is 6.37. The smallest absolute Gasteiger partial charge is 0.220 e. The zero-order chi connectivity index (χ0) is 29.4. The van der Waals surface area contributed by atoms with Gasteiger partial charge in [-0.2, -0.15) is 4.99 Å². The minimum Gasteiger partial charge on any atom is -0.488 e. The Kier molecular flexibility index (Phi) is 13.5. The van der Waals surface area contributed by atoms with Gasteiger partial charge in [0, 0.05) is 32.6 Å². The molecule has 14 heteroatoms. The minimum absolute atomic E-state index is 0. The highest BCUT2D eigenvalue weighted by molar-refractivity contribution is 6.31. The van der Waals surface area contributed by atoms with E-state index in [2.05, 4.69) is 4.99 Å². The Balaban J connectivity index is 0.000000511. The van der Waals surface area contributed by atoms with Gasteiger partial charge in [0.05, 0.1) is 13.2 Å². The molecule has 2 heterocycles. The van der Waals surface area contributed by atoms with Crippen molar-refractivity contribution in [3.8, 4) is 5.75 Å². The minimum atomic E-state index is -1.39. The first kappa shape index (κ1) is 34.5. The Labute approximate surface area is 250 Å². The van der Waals surface area contributed by atoms with Crippen molar-refractivity contribution in [2.75, 3.05) is 34.4 Å². The molecule has 2 aromatic rings. The first-order valence-corrected chi connectivity index (χ1v) is 13.1. The number of rotatable bonds is 6. The van der Waals surface area contributed by atoms with Crippen LogP contribution in [-0.4, -0.2) is 97.3 Å². The molecule has 0 bridgehead atoms. The molecule has 41 heavy (non-hydrogen) atoms. The first-order valence-electron chi connectivity index (χ1n) is 12.7. The highest BCUT2D eigenvalue weighted by Crippen LogP contribution is 2.34. The van der Waals surface area contributed by atoms with Crippen LogP contribution >= 0.6 is 24.0 Å². The summed E-state index contributed by atoms with van der Waals surface area (Å²) in [5.41, 5.74) is 12.5. The highest BCUT2D eigenvalue weighted by atomic mass is 35.5. The van der Waals surface area contributed by atoms with Gasteiger partial charge in [-0.15, -0.1) is 12.4 Å². The zero-order valence-corrected chi connectivity index (χ0v) is 24.7. The van der Waals surface area contributed by atoms with Crippen molar-refractivity contribution in [3.63, 3.8) is 0 Å². The lowest BCUT2D eigenvalue weighted by atomic mass is 9.92. The molecule has 12 nitrogen and oxygen atoms in total. The van der Waals surface area contributed by atoms with E-state index in [-0.39, 0.29) is 30.4 Å². The van der Waals surface area contributed by atoms with Gasteiger partial charge in [0.25, 0.3) is 0 Å². The van der Waals surface area contributed by atoms with Crippen LogP contribution in [0.25, 0.3) is 0 Å². The number of nitrogens with two attached hydrogens (primary N) is 2. The number of ether oxygens (including phenoxy) is 4. The summed E-state index contributed by atoms with van der Waals surface area (Å²) in [5.74, 6) is 0.764. The molecule has 8 N–H and O–H groups in total. The summed E-state index contributed by atoms with van der Waals surface area (Å²) >= 11 is 6.42. The molecule has 0 spiro atoms. The number of hydrogen-bond acceptors (Lipinski definition) is 8. The Morgan fingerprint density at radius 1 is 1.10 bits per heavy atom. The van der Waals surface area contributed by atoms with Crippen LogP contribution in [0.1, 0.15) is 29.2 Å². The van der Waals surface area contributed by atoms with Crippen molar-refractivity contribution in [1.82, 2.24) is 4.90 Å². The SMILES string of the molecule is CN(C)C(=N)N=C(N)N.CO[C@H]1O[C@@H](c2ccc(Cl)c(Cc3ccc(O[C@H]4CCOC4)cc3)c2)[C@H](O)[C@@H](O)[C@@H]1O.Cl. The van der Waals surface area contributed by atoms with Gasteiger partial charge in [0.1, 0.15) is 36.3 Å². The van der Waals surface area contributed by atoms with Gasteiger partial charge in [-0.3, -0.25) is 5.41 Å². The molecular formula is C27H39Cl2N5O7. The van der Waals surface area contributed by atoms with Crippen LogP contribution in [0.2, 0.25) is 5.02 Å². The summed E-state index contributed by atoms with van der Waals surface area (Å²) in [5, 5.41) is 38.2. The summed E-state index contributed by atoms with van der Waals surface area (Å²) in [7, 11) is 4.75. The monoisotopic (exact) mass is 615 g/mol. The van der Waals surface area contributed by atoms with Crippen LogP contribution < -0.4 is 16.2 Å². The van der Waals surface area contributed by atoms with Crippen LogP contribution in [0.5, 0.6) is 5.75 Å². The Hall–Kier alpha value is -2.68. The van der Waals surface area contributed by atoms with Crippen LogP contribution in [0.4, 0.5) is 0 Å². The van der Waals surface area contributed by atoms with E-state index in [9.17, 15) is 15.3 Å². The van der Waals surface area contributed by atoms with Gasteiger partial charge >= 0.3 is 0 Å². The molecule has 228 valence electrons. The third-order valence-corrected chi connectivity index (χ3v) is 6.74. The van der Waals surface area contributed by atoms with Crippen LogP contribution in [0, 0.1) is 5.41 Å². The maximum absolute atomic E-state index is 10.4. The van der Waals surface area contributed by atoms with Crippen molar-refractivity contribution in [2.24, 2.45) is 16.5 Å². The fourth-order valence-electron chi connectivity index (χ4n) is 4.15. The molecule has 2 aliphatic rings. The average Bonchev–Trinajstić information content (AvgIpc) is 3.43. The van der Waals surface area contributed by atoms with Crippen LogP contribution in [0.15, 0.2) is 47.5 Å². The topological polar surface area (TPSA) is 189 Å². The number of benzene rings is 2. The number of methoxy groups -OCH3 is 1. The molecule has 4 rings (SSSR count). The van der Waals surface area contributed by atoms with Crippen molar-refractivity contribution in [1.29, 1.82) is 5.41 Å². The number of nitrogens with one attached hydrogen (secondary N) is 1. The second kappa shape index (κ2) is 16.1. The number of nitrogens with zero attached hydrogens (tertiary/aromatic N) is 2. The summed E-state index contributed by atoms with van der Waals surface area (Å²) in [6, 6.07) is 13.1. The Morgan fingerprint density at radius 3 is 2.32 bits per heavy atom. The normalized spacial score (nSPS) is 25.2. The Bertz CT molecular complexity index is 1140. The lowest BCUT2D eigenvalue weighted by Crippen LogP contribution is -2.54. The molecule has 2 aliphatic heterocycles. The van der Waals surface area contributed by atoms with Crippen molar-refractivity contribution < 1.29 is 34.3 Å². The van der Waals surface area contributed by atoms with E-state index < -0.39 is 30.7 Å². The first-order chi connectivity index (χ1) is 19.0. The molecule has 2 aromatic carbocycles. The number of aliphatic imine (C=N–C) groups is 1. The number of aliphatic hydroxyl groups excluding tert-OH is 3. The molecule has 0 aliphatic carbocycles. The van der Waals surface area contributed by atoms with Gasteiger partial charge in [0.15, 0.2) is 12.2 Å². The average molecular weight is 617 g/mol. The summed E-state index contributed by atoms with van der Waals surface area (Å²) in [6.07, 6.45) is -4.35.